The molecule has 1 aliphatic rings. The van der Waals surface area contributed by atoms with Gasteiger partial charge in [0, 0.05) is 0 Å². The molecular weight excluding hydrogens is 426 g/mol. The van der Waals surface area contributed by atoms with Gasteiger partial charge in [-0.3, -0.25) is 0 Å². The molecule has 134 valence electrons. The van der Waals surface area contributed by atoms with E-state index in [9.17, 15) is 18.3 Å². The van der Waals surface area contributed by atoms with Crippen molar-refractivity contribution in [1.29, 1.82) is 0 Å². The third-order valence-corrected chi connectivity index (χ3v) is 10.2. The third-order valence-electron chi connectivity index (χ3n) is 5.14. The summed E-state index contributed by atoms with van der Waals surface area (Å²) in [6.07, 6.45) is 0.572. The summed E-state index contributed by atoms with van der Waals surface area (Å²) in [5.74, 6) is -1.52. The molecule has 0 unspecified atom stereocenters. The number of nitrogens with zero attached hydrogens (tertiary/aromatic N) is 1. The van der Waals surface area contributed by atoms with Gasteiger partial charge < -0.3 is 0 Å². The van der Waals surface area contributed by atoms with E-state index in [1.165, 1.54) is 4.31 Å². The number of carboxylic acids is 1. The average molecular weight is 447 g/mol. The van der Waals surface area contributed by atoms with Gasteiger partial charge in [-0.2, -0.15) is 0 Å². The Hall–Kier alpha value is -0.699. The van der Waals surface area contributed by atoms with Gasteiger partial charge in [-0.1, -0.05) is 0 Å². The van der Waals surface area contributed by atoms with E-state index in [1.807, 2.05) is 37.3 Å². The van der Waals surface area contributed by atoms with Crippen LogP contribution in [0.15, 0.2) is 59.5 Å². The Kier molecular flexibility index (Phi) is 6.26. The van der Waals surface area contributed by atoms with Crippen LogP contribution in [0.25, 0.3) is 0 Å². The van der Waals surface area contributed by atoms with Gasteiger partial charge in [0.15, 0.2) is 0 Å². The molecule has 2 aromatic rings. The van der Waals surface area contributed by atoms with Crippen molar-refractivity contribution >= 4 is 59.2 Å². The second kappa shape index (κ2) is 8.12. The molecule has 0 saturated carbocycles. The van der Waals surface area contributed by atoms with Gasteiger partial charge in [-0.15, -0.1) is 0 Å². The molecule has 0 aromatic heterocycles. The first-order valence-corrected chi connectivity index (χ1v) is 12.9. The maximum atomic E-state index is 13.3. The summed E-state index contributed by atoms with van der Waals surface area (Å²) >= 11 is 0.120. The SMILES string of the molecule is Cc1ccc(S(=O)(=O)N2C[C@H](C(=O)O)[C@@H]([SrH])C[C@@H]2c2ccccc2)cc1. The summed E-state index contributed by atoms with van der Waals surface area (Å²) in [5, 5.41) is 9.57. The van der Waals surface area contributed by atoms with Crippen LogP contribution < -0.4 is 0 Å². The number of hydrogen-bond acceptors (Lipinski definition) is 3. The number of benzene rings is 2. The zero-order chi connectivity index (χ0) is 18.9. The molecule has 0 bridgehead atoms. The molecule has 1 N–H and O–H groups in total. The van der Waals surface area contributed by atoms with Crippen molar-refractivity contribution in [2.45, 2.75) is 25.2 Å². The van der Waals surface area contributed by atoms with E-state index in [2.05, 4.69) is 0 Å². The summed E-state index contributed by atoms with van der Waals surface area (Å²) in [6.45, 7) is 1.93. The molecule has 0 radical (unpaired) electrons. The van der Waals surface area contributed by atoms with Gasteiger partial charge in [-0.05, 0) is 0 Å². The zero-order valence-corrected chi connectivity index (χ0v) is 20.6. The normalized spacial score (nSPS) is 24.2. The van der Waals surface area contributed by atoms with Crippen molar-refractivity contribution in [3.63, 3.8) is 0 Å². The second-order valence-electron chi connectivity index (χ2n) is 6.97. The van der Waals surface area contributed by atoms with Gasteiger partial charge in [0.2, 0.25) is 0 Å². The fourth-order valence-corrected chi connectivity index (χ4v) is 7.51. The molecule has 0 amide bonds. The third kappa shape index (κ3) is 4.08. The number of sulfonamides is 1. The molecule has 2 aromatic carbocycles. The Morgan fingerprint density at radius 1 is 1.12 bits per heavy atom. The molecule has 1 fully saturated rings. The van der Waals surface area contributed by atoms with Gasteiger partial charge in [-0.25, -0.2) is 0 Å². The summed E-state index contributed by atoms with van der Waals surface area (Å²) in [7, 11) is -3.77. The summed E-state index contributed by atoms with van der Waals surface area (Å²) in [5.41, 5.74) is 1.90. The standard InChI is InChI=1S/C19H20NO4S.Sr.H/c1-14-7-10-17(11-8-14)25(23,24)20-13-16(19(21)22)9-12-18(20)15-5-3-2-4-6-15;;/h2-11,16,18H,12-13H2,1H3,(H,21,22);;/t16-,18-;;/m1../s1. The Bertz CT molecular complexity index is 884. The average Bonchev–Trinajstić information content (AvgIpc) is 2.62. The number of carbonyl (C=O) groups is 1. The molecule has 1 saturated heterocycles. The van der Waals surface area contributed by atoms with Crippen molar-refractivity contribution in [3.05, 3.63) is 65.7 Å². The van der Waals surface area contributed by atoms with E-state index in [0.717, 1.165) is 11.1 Å². The Morgan fingerprint density at radius 2 is 1.73 bits per heavy atom. The molecule has 0 spiro atoms. The molecular formula is C19H21NO4SSr. The van der Waals surface area contributed by atoms with Crippen LogP contribution >= 0.6 is 0 Å². The van der Waals surface area contributed by atoms with E-state index >= 15 is 0 Å². The van der Waals surface area contributed by atoms with Crippen molar-refractivity contribution < 1.29 is 18.3 Å². The summed E-state index contributed by atoms with van der Waals surface area (Å²) in [4.78, 5) is 11.9. The minimum absolute atomic E-state index is 0.0309. The number of hydrogen-bond donors (Lipinski definition) is 1. The van der Waals surface area contributed by atoms with Crippen LogP contribution in [0.1, 0.15) is 23.6 Å². The molecule has 26 heavy (non-hydrogen) atoms. The number of carboxylic acid groups (broad SMARTS) is 1. The fourth-order valence-electron chi connectivity index (χ4n) is 3.55. The van der Waals surface area contributed by atoms with Crippen molar-refractivity contribution in [2.75, 3.05) is 6.54 Å². The predicted octanol–water partition coefficient (Wildman–Crippen LogP) is 2.52. The first-order valence-electron chi connectivity index (χ1n) is 8.67. The number of piperidine rings is 1. The van der Waals surface area contributed by atoms with E-state index in [1.54, 1.807) is 24.3 Å². The van der Waals surface area contributed by atoms with E-state index in [-0.39, 0.29) is 61.6 Å². The van der Waals surface area contributed by atoms with Gasteiger partial charge >= 0.3 is 185 Å². The Morgan fingerprint density at radius 3 is 2.31 bits per heavy atom. The Balaban J connectivity index is 2.05. The quantitative estimate of drug-likeness (QED) is 0.732. The molecule has 3 rings (SSSR count). The van der Waals surface area contributed by atoms with Crippen LogP contribution in [0, 0.1) is 12.8 Å². The topological polar surface area (TPSA) is 74.7 Å². The van der Waals surface area contributed by atoms with Crippen LogP contribution in [0.5, 0.6) is 0 Å². The van der Waals surface area contributed by atoms with Crippen molar-refractivity contribution in [1.82, 2.24) is 4.31 Å². The molecule has 1 aliphatic heterocycles. The molecule has 5 nitrogen and oxygen atoms in total. The number of aryl methyl sites for hydroxylation is 1. The van der Waals surface area contributed by atoms with Gasteiger partial charge in [0.05, 0.1) is 0 Å². The van der Waals surface area contributed by atoms with Crippen LogP contribution in [0.2, 0.25) is 0.889 Å². The number of rotatable bonds is 4. The Labute approximate surface area is 183 Å². The summed E-state index contributed by atoms with van der Waals surface area (Å²) < 4.78 is 28.1. The van der Waals surface area contributed by atoms with E-state index in [0.29, 0.717) is 6.42 Å². The second-order valence-corrected chi connectivity index (χ2v) is 12.5. The van der Waals surface area contributed by atoms with Gasteiger partial charge in [0.25, 0.3) is 0 Å². The van der Waals surface area contributed by atoms with Crippen molar-refractivity contribution in [2.24, 2.45) is 5.92 Å². The summed E-state index contributed by atoms with van der Waals surface area (Å²) in [6, 6.07) is 15.9. The predicted molar refractivity (Wildman–Crippen MR) is 101 cm³/mol. The zero-order valence-electron chi connectivity index (χ0n) is 14.9. The maximum absolute atomic E-state index is 13.3. The van der Waals surface area contributed by atoms with Crippen LogP contribution in [0.3, 0.4) is 0 Å². The van der Waals surface area contributed by atoms with Crippen LogP contribution in [-0.2, 0) is 14.8 Å². The minimum atomic E-state index is -3.77. The number of aliphatic carboxylic acids is 1. The monoisotopic (exact) mass is 447 g/mol. The molecule has 3 atom stereocenters. The van der Waals surface area contributed by atoms with Crippen LogP contribution in [-0.4, -0.2) is 73.6 Å². The van der Waals surface area contributed by atoms with E-state index in [4.69, 9.17) is 0 Å². The molecule has 0 aliphatic carbocycles. The van der Waals surface area contributed by atoms with Crippen molar-refractivity contribution in [3.8, 4) is 0 Å². The van der Waals surface area contributed by atoms with Gasteiger partial charge in [0.1, 0.15) is 0 Å². The first kappa shape index (κ1) is 20.0. The van der Waals surface area contributed by atoms with Crippen LogP contribution in [0.4, 0.5) is 0 Å². The molecule has 1 heterocycles. The van der Waals surface area contributed by atoms with E-state index < -0.39 is 21.9 Å². The fraction of sp³-hybridized carbons (Fsp3) is 0.316. The first-order chi connectivity index (χ1) is 12.3. The molecule has 7 heteroatoms.